The summed E-state index contributed by atoms with van der Waals surface area (Å²) in [6, 6.07) is 17.5. The topological polar surface area (TPSA) is 68.0 Å². The molecule has 0 aliphatic rings. The number of hydrogen-bond acceptors (Lipinski definition) is 3. The summed E-state index contributed by atoms with van der Waals surface area (Å²) in [7, 11) is 0. The molecule has 1 heterocycles. The average Bonchev–Trinajstić information content (AvgIpc) is 2.55. The van der Waals surface area contributed by atoms with E-state index in [0.29, 0.717) is 12.2 Å². The minimum absolute atomic E-state index is 0.00864. The van der Waals surface area contributed by atoms with E-state index in [1.165, 1.54) is 0 Å². The molecule has 3 aromatic rings. The maximum absolute atomic E-state index is 12.0. The Morgan fingerprint density at radius 2 is 1.91 bits per heavy atom. The average molecular weight is 291 g/mol. The first-order chi connectivity index (χ1) is 10.7. The number of anilines is 2. The Bertz CT molecular complexity index is 800. The van der Waals surface area contributed by atoms with Crippen LogP contribution in [0.2, 0.25) is 0 Å². The van der Waals surface area contributed by atoms with E-state index in [2.05, 4.69) is 10.3 Å². The number of benzene rings is 2. The van der Waals surface area contributed by atoms with Crippen molar-refractivity contribution in [2.24, 2.45) is 0 Å². The summed E-state index contributed by atoms with van der Waals surface area (Å²) in [6.07, 6.45) is 2.85. The summed E-state index contributed by atoms with van der Waals surface area (Å²) in [4.78, 5) is 16.1. The lowest BCUT2D eigenvalue weighted by atomic mass is 10.1. The standard InChI is InChI=1S/C18H17N3O/c19-18-16-12-15(8-7-14(16)10-11-20-18)21-17(22)9-6-13-4-2-1-3-5-13/h1-5,7-8,10-12H,6,9H2,(H2,19,20)(H,21,22). The van der Waals surface area contributed by atoms with Gasteiger partial charge < -0.3 is 11.1 Å². The van der Waals surface area contributed by atoms with Crippen LogP contribution in [0.5, 0.6) is 0 Å². The molecule has 4 nitrogen and oxygen atoms in total. The van der Waals surface area contributed by atoms with Gasteiger partial charge >= 0.3 is 0 Å². The van der Waals surface area contributed by atoms with E-state index in [1.54, 1.807) is 6.20 Å². The number of rotatable bonds is 4. The van der Waals surface area contributed by atoms with Crippen LogP contribution in [-0.2, 0) is 11.2 Å². The van der Waals surface area contributed by atoms with E-state index in [-0.39, 0.29) is 5.91 Å². The van der Waals surface area contributed by atoms with Gasteiger partial charge in [-0.2, -0.15) is 0 Å². The largest absolute Gasteiger partial charge is 0.383 e. The molecule has 3 N–H and O–H groups in total. The molecule has 0 saturated carbocycles. The number of hydrogen-bond donors (Lipinski definition) is 2. The predicted octanol–water partition coefficient (Wildman–Crippen LogP) is 3.39. The highest BCUT2D eigenvalue weighted by Gasteiger charge is 2.05. The number of aromatic nitrogens is 1. The van der Waals surface area contributed by atoms with Crippen molar-refractivity contribution < 1.29 is 4.79 Å². The van der Waals surface area contributed by atoms with Crippen LogP contribution in [0.15, 0.2) is 60.8 Å². The van der Waals surface area contributed by atoms with Gasteiger partial charge in [0.1, 0.15) is 5.82 Å². The Kier molecular flexibility index (Phi) is 4.01. The van der Waals surface area contributed by atoms with Gasteiger partial charge in [0, 0.05) is 23.7 Å². The van der Waals surface area contributed by atoms with E-state index >= 15 is 0 Å². The molecule has 1 amide bonds. The minimum Gasteiger partial charge on any atom is -0.383 e. The van der Waals surface area contributed by atoms with Crippen molar-refractivity contribution in [2.45, 2.75) is 12.8 Å². The van der Waals surface area contributed by atoms with Crippen LogP contribution in [0.25, 0.3) is 10.8 Å². The van der Waals surface area contributed by atoms with Crippen LogP contribution < -0.4 is 11.1 Å². The highest BCUT2D eigenvalue weighted by Crippen LogP contribution is 2.22. The van der Waals surface area contributed by atoms with Crippen molar-refractivity contribution in [1.82, 2.24) is 4.98 Å². The van der Waals surface area contributed by atoms with E-state index < -0.39 is 0 Å². The highest BCUT2D eigenvalue weighted by molar-refractivity contribution is 5.97. The molecule has 0 unspecified atom stereocenters. The zero-order valence-electron chi connectivity index (χ0n) is 12.1. The third-order valence-corrected chi connectivity index (χ3v) is 3.56. The zero-order valence-corrected chi connectivity index (χ0v) is 12.1. The van der Waals surface area contributed by atoms with Crippen molar-refractivity contribution in [2.75, 3.05) is 11.1 Å². The lowest BCUT2D eigenvalue weighted by Crippen LogP contribution is -2.12. The van der Waals surface area contributed by atoms with Crippen LogP contribution >= 0.6 is 0 Å². The molecule has 0 saturated heterocycles. The number of pyridine rings is 1. The van der Waals surface area contributed by atoms with Gasteiger partial charge in [-0.05, 0) is 35.6 Å². The van der Waals surface area contributed by atoms with Gasteiger partial charge in [0.15, 0.2) is 0 Å². The number of nitrogen functional groups attached to an aromatic ring is 1. The third kappa shape index (κ3) is 3.23. The summed E-state index contributed by atoms with van der Waals surface area (Å²) >= 11 is 0. The molecule has 2 aromatic carbocycles. The lowest BCUT2D eigenvalue weighted by Gasteiger charge is -2.07. The van der Waals surface area contributed by atoms with E-state index in [9.17, 15) is 4.79 Å². The van der Waals surface area contributed by atoms with Gasteiger partial charge in [-0.25, -0.2) is 4.98 Å². The number of aryl methyl sites for hydroxylation is 1. The molecule has 22 heavy (non-hydrogen) atoms. The Hall–Kier alpha value is -2.88. The monoisotopic (exact) mass is 291 g/mol. The van der Waals surface area contributed by atoms with Crippen LogP contribution in [-0.4, -0.2) is 10.9 Å². The first kappa shape index (κ1) is 14.1. The quantitative estimate of drug-likeness (QED) is 0.774. The molecule has 0 atom stereocenters. The molecule has 4 heteroatoms. The van der Waals surface area contributed by atoms with Crippen molar-refractivity contribution in [3.8, 4) is 0 Å². The fourth-order valence-electron chi connectivity index (χ4n) is 2.39. The Morgan fingerprint density at radius 3 is 2.73 bits per heavy atom. The molecule has 1 aromatic heterocycles. The lowest BCUT2D eigenvalue weighted by molar-refractivity contribution is -0.116. The van der Waals surface area contributed by atoms with Gasteiger partial charge in [0.05, 0.1) is 0 Å². The van der Waals surface area contributed by atoms with Gasteiger partial charge in [0.2, 0.25) is 5.91 Å². The Balaban J connectivity index is 1.67. The fraction of sp³-hybridized carbons (Fsp3) is 0.111. The number of fused-ring (bicyclic) bond motifs is 1. The Labute approximate surface area is 129 Å². The second-order valence-electron chi connectivity index (χ2n) is 5.17. The molecule has 0 aliphatic carbocycles. The second kappa shape index (κ2) is 6.26. The van der Waals surface area contributed by atoms with Gasteiger partial charge in [-0.1, -0.05) is 36.4 Å². The van der Waals surface area contributed by atoms with Crippen molar-refractivity contribution in [3.05, 3.63) is 66.4 Å². The predicted molar refractivity (Wildman–Crippen MR) is 89.5 cm³/mol. The van der Waals surface area contributed by atoms with Crippen LogP contribution in [0.1, 0.15) is 12.0 Å². The maximum atomic E-state index is 12.0. The summed E-state index contributed by atoms with van der Waals surface area (Å²) in [5.41, 5.74) is 7.76. The van der Waals surface area contributed by atoms with Crippen molar-refractivity contribution in [1.29, 1.82) is 0 Å². The number of amides is 1. The molecule has 0 aliphatic heterocycles. The van der Waals surface area contributed by atoms with Gasteiger partial charge in [-0.3, -0.25) is 4.79 Å². The Morgan fingerprint density at radius 1 is 1.09 bits per heavy atom. The van der Waals surface area contributed by atoms with Crippen LogP contribution in [0.4, 0.5) is 11.5 Å². The molecule has 0 bridgehead atoms. The first-order valence-corrected chi connectivity index (χ1v) is 7.20. The van der Waals surface area contributed by atoms with E-state index in [1.807, 2.05) is 54.6 Å². The normalized spacial score (nSPS) is 10.5. The van der Waals surface area contributed by atoms with Crippen molar-refractivity contribution >= 4 is 28.2 Å². The summed E-state index contributed by atoms with van der Waals surface area (Å²) < 4.78 is 0. The smallest absolute Gasteiger partial charge is 0.224 e. The van der Waals surface area contributed by atoms with E-state index in [0.717, 1.165) is 28.4 Å². The number of nitrogens with two attached hydrogens (primary N) is 1. The number of carbonyl (C=O) groups is 1. The summed E-state index contributed by atoms with van der Waals surface area (Å²) in [5.74, 6) is 0.462. The van der Waals surface area contributed by atoms with Crippen LogP contribution in [0, 0.1) is 0 Å². The molecular weight excluding hydrogens is 274 g/mol. The van der Waals surface area contributed by atoms with Crippen LogP contribution in [0.3, 0.4) is 0 Å². The third-order valence-electron chi connectivity index (χ3n) is 3.56. The van der Waals surface area contributed by atoms with Gasteiger partial charge in [0.25, 0.3) is 0 Å². The van der Waals surface area contributed by atoms with Crippen molar-refractivity contribution in [3.63, 3.8) is 0 Å². The number of carbonyl (C=O) groups excluding carboxylic acids is 1. The number of nitrogens with one attached hydrogen (secondary N) is 1. The zero-order chi connectivity index (χ0) is 15.4. The fourth-order valence-corrected chi connectivity index (χ4v) is 2.39. The molecular formula is C18H17N3O. The molecule has 0 fully saturated rings. The molecule has 110 valence electrons. The summed E-state index contributed by atoms with van der Waals surface area (Å²) in [6.45, 7) is 0. The molecule has 0 radical (unpaired) electrons. The van der Waals surface area contributed by atoms with Gasteiger partial charge in [-0.15, -0.1) is 0 Å². The molecule has 3 rings (SSSR count). The SMILES string of the molecule is Nc1nccc2ccc(NC(=O)CCc3ccccc3)cc12. The number of nitrogens with zero attached hydrogens (tertiary/aromatic N) is 1. The maximum Gasteiger partial charge on any atom is 0.224 e. The summed E-state index contributed by atoms with van der Waals surface area (Å²) in [5, 5.41) is 4.77. The molecule has 0 spiro atoms. The minimum atomic E-state index is -0.00864. The second-order valence-corrected chi connectivity index (χ2v) is 5.17. The van der Waals surface area contributed by atoms with E-state index in [4.69, 9.17) is 5.73 Å². The first-order valence-electron chi connectivity index (χ1n) is 7.20. The highest BCUT2D eigenvalue weighted by atomic mass is 16.1.